The Morgan fingerprint density at radius 2 is 2.28 bits per heavy atom. The van der Waals surface area contributed by atoms with E-state index in [0.29, 0.717) is 0 Å². The third-order valence-corrected chi connectivity index (χ3v) is 3.83. The van der Waals surface area contributed by atoms with E-state index in [1.54, 1.807) is 0 Å². The summed E-state index contributed by atoms with van der Waals surface area (Å²) in [5.74, 6) is 0.969. The smallest absolute Gasteiger partial charge is 0.0948 e. The summed E-state index contributed by atoms with van der Waals surface area (Å²) in [5.41, 5.74) is 2.60. The van der Waals surface area contributed by atoms with Crippen molar-refractivity contribution in [1.82, 2.24) is 14.9 Å². The van der Waals surface area contributed by atoms with E-state index in [1.807, 2.05) is 31.3 Å². The maximum absolute atomic E-state index is 4.19. The molecule has 1 heterocycles. The van der Waals surface area contributed by atoms with Crippen LogP contribution in [0.25, 0.3) is 0 Å². The van der Waals surface area contributed by atoms with E-state index in [1.165, 1.54) is 16.2 Å². The Kier molecular flexibility index (Phi) is 4.84. The SMILES string of the molecule is CCn1cncc1CSc1cccc(CNC)c1. The molecule has 1 aromatic carbocycles. The molecule has 1 N–H and O–H groups in total. The third kappa shape index (κ3) is 3.37. The number of aryl methyl sites for hydroxylation is 1. The van der Waals surface area contributed by atoms with Crippen LogP contribution in [0.5, 0.6) is 0 Å². The third-order valence-electron chi connectivity index (χ3n) is 2.81. The van der Waals surface area contributed by atoms with Crippen molar-refractivity contribution in [2.45, 2.75) is 30.7 Å². The van der Waals surface area contributed by atoms with Gasteiger partial charge in [-0.25, -0.2) is 4.98 Å². The molecule has 0 aliphatic heterocycles. The average molecular weight is 261 g/mol. The van der Waals surface area contributed by atoms with Gasteiger partial charge in [0.15, 0.2) is 0 Å². The first-order valence-corrected chi connectivity index (χ1v) is 7.17. The lowest BCUT2D eigenvalue weighted by molar-refractivity contribution is 0.734. The number of rotatable bonds is 6. The van der Waals surface area contributed by atoms with E-state index < -0.39 is 0 Å². The zero-order chi connectivity index (χ0) is 12.8. The summed E-state index contributed by atoms with van der Waals surface area (Å²) in [5, 5.41) is 3.18. The predicted octanol–water partition coefficient (Wildman–Crippen LogP) is 2.91. The van der Waals surface area contributed by atoms with Gasteiger partial charge in [-0.2, -0.15) is 0 Å². The minimum Gasteiger partial charge on any atom is -0.334 e. The van der Waals surface area contributed by atoms with Gasteiger partial charge in [-0.15, -0.1) is 11.8 Å². The van der Waals surface area contributed by atoms with Gasteiger partial charge in [0.05, 0.1) is 6.33 Å². The molecule has 2 aromatic rings. The monoisotopic (exact) mass is 261 g/mol. The quantitative estimate of drug-likeness (QED) is 0.811. The molecule has 0 aliphatic carbocycles. The van der Waals surface area contributed by atoms with E-state index in [2.05, 4.69) is 46.1 Å². The summed E-state index contributed by atoms with van der Waals surface area (Å²) in [6.45, 7) is 4.04. The summed E-state index contributed by atoms with van der Waals surface area (Å²) >= 11 is 1.86. The zero-order valence-corrected chi connectivity index (χ0v) is 11.7. The Morgan fingerprint density at radius 1 is 1.39 bits per heavy atom. The van der Waals surface area contributed by atoms with E-state index in [9.17, 15) is 0 Å². The summed E-state index contributed by atoms with van der Waals surface area (Å²) in [6.07, 6.45) is 3.85. The molecule has 0 saturated heterocycles. The summed E-state index contributed by atoms with van der Waals surface area (Å²) in [7, 11) is 1.97. The molecule has 0 atom stereocenters. The Balaban J connectivity index is 1.99. The molecule has 0 saturated carbocycles. The molecule has 18 heavy (non-hydrogen) atoms. The first-order valence-electron chi connectivity index (χ1n) is 6.19. The summed E-state index contributed by atoms with van der Waals surface area (Å²) in [4.78, 5) is 5.50. The molecule has 4 heteroatoms. The molecule has 0 bridgehead atoms. The van der Waals surface area contributed by atoms with Gasteiger partial charge in [0.1, 0.15) is 0 Å². The molecule has 0 radical (unpaired) electrons. The van der Waals surface area contributed by atoms with Crippen molar-refractivity contribution in [2.75, 3.05) is 7.05 Å². The number of aromatic nitrogens is 2. The van der Waals surface area contributed by atoms with Crippen LogP contribution in [-0.2, 0) is 18.8 Å². The van der Waals surface area contributed by atoms with Crippen molar-refractivity contribution in [1.29, 1.82) is 0 Å². The van der Waals surface area contributed by atoms with Crippen LogP contribution in [0.3, 0.4) is 0 Å². The standard InChI is InChI=1S/C14H19N3S/c1-3-17-11-16-9-13(17)10-18-14-6-4-5-12(7-14)8-15-2/h4-7,9,11,15H,3,8,10H2,1-2H3. The van der Waals surface area contributed by atoms with Crippen LogP contribution in [-0.4, -0.2) is 16.6 Å². The average Bonchev–Trinajstić information content (AvgIpc) is 2.84. The number of thioether (sulfide) groups is 1. The van der Waals surface area contributed by atoms with Crippen LogP contribution in [0.4, 0.5) is 0 Å². The molecule has 0 spiro atoms. The maximum atomic E-state index is 4.19. The number of nitrogens with zero attached hydrogens (tertiary/aromatic N) is 2. The van der Waals surface area contributed by atoms with Crippen LogP contribution in [0.1, 0.15) is 18.2 Å². The van der Waals surface area contributed by atoms with E-state index in [-0.39, 0.29) is 0 Å². The Labute approximate surface area is 113 Å². The molecule has 2 rings (SSSR count). The van der Waals surface area contributed by atoms with Crippen molar-refractivity contribution < 1.29 is 0 Å². The minimum absolute atomic E-state index is 0.918. The first kappa shape index (κ1) is 13.2. The molecule has 0 fully saturated rings. The van der Waals surface area contributed by atoms with Gasteiger partial charge in [-0.1, -0.05) is 12.1 Å². The molecular weight excluding hydrogens is 242 g/mol. The predicted molar refractivity (Wildman–Crippen MR) is 76.7 cm³/mol. The lowest BCUT2D eigenvalue weighted by Crippen LogP contribution is -2.04. The van der Waals surface area contributed by atoms with Crippen LogP contribution in [0.2, 0.25) is 0 Å². The number of hydrogen-bond acceptors (Lipinski definition) is 3. The topological polar surface area (TPSA) is 29.9 Å². The second-order valence-corrected chi connectivity index (χ2v) is 5.19. The fraction of sp³-hybridized carbons (Fsp3) is 0.357. The zero-order valence-electron chi connectivity index (χ0n) is 10.9. The highest BCUT2D eigenvalue weighted by molar-refractivity contribution is 7.98. The van der Waals surface area contributed by atoms with Crippen molar-refractivity contribution in [3.63, 3.8) is 0 Å². The van der Waals surface area contributed by atoms with Crippen LogP contribution in [0, 0.1) is 0 Å². The van der Waals surface area contributed by atoms with E-state index in [4.69, 9.17) is 0 Å². The highest BCUT2D eigenvalue weighted by Gasteiger charge is 2.02. The van der Waals surface area contributed by atoms with E-state index in [0.717, 1.165) is 18.8 Å². The highest BCUT2D eigenvalue weighted by atomic mass is 32.2. The lowest BCUT2D eigenvalue weighted by atomic mass is 10.2. The van der Waals surface area contributed by atoms with Gasteiger partial charge in [0.25, 0.3) is 0 Å². The number of hydrogen-bond donors (Lipinski definition) is 1. The van der Waals surface area contributed by atoms with Crippen LogP contribution < -0.4 is 5.32 Å². The Hall–Kier alpha value is -1.26. The second-order valence-electron chi connectivity index (χ2n) is 4.14. The van der Waals surface area contributed by atoms with Crippen molar-refractivity contribution in [3.05, 3.63) is 48.0 Å². The van der Waals surface area contributed by atoms with Crippen LogP contribution >= 0.6 is 11.8 Å². The molecule has 3 nitrogen and oxygen atoms in total. The Morgan fingerprint density at radius 3 is 3.06 bits per heavy atom. The second kappa shape index (κ2) is 6.61. The largest absolute Gasteiger partial charge is 0.334 e. The molecule has 96 valence electrons. The maximum Gasteiger partial charge on any atom is 0.0948 e. The van der Waals surface area contributed by atoms with Crippen LogP contribution in [0.15, 0.2) is 41.7 Å². The first-order chi connectivity index (χ1) is 8.83. The Bertz CT molecular complexity index is 493. The number of nitrogens with one attached hydrogen (secondary N) is 1. The van der Waals surface area contributed by atoms with Gasteiger partial charge >= 0.3 is 0 Å². The van der Waals surface area contributed by atoms with Gasteiger partial charge < -0.3 is 9.88 Å². The van der Waals surface area contributed by atoms with Crippen molar-refractivity contribution in [2.24, 2.45) is 0 Å². The van der Waals surface area contributed by atoms with Gasteiger partial charge in [-0.3, -0.25) is 0 Å². The lowest BCUT2D eigenvalue weighted by Gasteiger charge is -2.06. The fourth-order valence-electron chi connectivity index (χ4n) is 1.86. The minimum atomic E-state index is 0.918. The fourth-order valence-corrected chi connectivity index (χ4v) is 2.82. The number of benzene rings is 1. The normalized spacial score (nSPS) is 10.8. The van der Waals surface area contributed by atoms with E-state index >= 15 is 0 Å². The van der Waals surface area contributed by atoms with Crippen molar-refractivity contribution in [3.8, 4) is 0 Å². The summed E-state index contributed by atoms with van der Waals surface area (Å²) < 4.78 is 2.18. The highest BCUT2D eigenvalue weighted by Crippen LogP contribution is 2.23. The summed E-state index contributed by atoms with van der Waals surface area (Å²) in [6, 6.07) is 8.67. The van der Waals surface area contributed by atoms with Gasteiger partial charge in [-0.05, 0) is 31.7 Å². The molecule has 0 unspecified atom stereocenters. The molecule has 0 aliphatic rings. The molecule has 0 amide bonds. The van der Waals surface area contributed by atoms with Gasteiger partial charge in [0.2, 0.25) is 0 Å². The van der Waals surface area contributed by atoms with Crippen molar-refractivity contribution >= 4 is 11.8 Å². The number of imidazole rings is 1. The van der Waals surface area contributed by atoms with Gasteiger partial charge in [0, 0.05) is 35.6 Å². The molecular formula is C14H19N3S. The molecule has 1 aromatic heterocycles.